The lowest BCUT2D eigenvalue weighted by molar-refractivity contribution is -0.124. The number of hydrogen-bond acceptors (Lipinski definition) is 3. The Labute approximate surface area is 98.3 Å². The van der Waals surface area contributed by atoms with Crippen LogP contribution in [0.3, 0.4) is 0 Å². The van der Waals surface area contributed by atoms with E-state index in [9.17, 15) is 9.59 Å². The van der Waals surface area contributed by atoms with E-state index < -0.39 is 12.0 Å². The molecule has 0 fully saturated rings. The van der Waals surface area contributed by atoms with Gasteiger partial charge in [-0.05, 0) is 32.0 Å². The normalized spacial score (nSPS) is 11.9. The molecule has 16 heavy (non-hydrogen) atoms. The van der Waals surface area contributed by atoms with Crippen LogP contribution in [-0.4, -0.2) is 17.8 Å². The van der Waals surface area contributed by atoms with Crippen LogP contribution < -0.4 is 10.5 Å². The third-order valence-electron chi connectivity index (χ3n) is 2.03. The zero-order valence-electron chi connectivity index (χ0n) is 8.99. The molecule has 4 nitrogen and oxygen atoms in total. The molecule has 1 aromatic carbocycles. The van der Waals surface area contributed by atoms with Gasteiger partial charge in [0, 0.05) is 5.02 Å². The van der Waals surface area contributed by atoms with Gasteiger partial charge in [-0.2, -0.15) is 0 Å². The molecule has 0 aliphatic heterocycles. The molecule has 1 rings (SSSR count). The molecule has 0 spiro atoms. The molecular formula is C11H12ClNO3. The van der Waals surface area contributed by atoms with Crippen LogP contribution in [0.5, 0.6) is 5.75 Å². The highest BCUT2D eigenvalue weighted by molar-refractivity contribution is 6.31. The summed E-state index contributed by atoms with van der Waals surface area (Å²) in [4.78, 5) is 22.2. The number of primary amides is 1. The Morgan fingerprint density at radius 2 is 2.06 bits per heavy atom. The summed E-state index contributed by atoms with van der Waals surface area (Å²) in [5, 5.41) is 0.435. The van der Waals surface area contributed by atoms with Crippen LogP contribution in [-0.2, 0) is 4.79 Å². The lowest BCUT2D eigenvalue weighted by Gasteiger charge is -2.13. The molecule has 0 aliphatic rings. The molecule has 0 radical (unpaired) electrons. The zero-order valence-corrected chi connectivity index (χ0v) is 9.75. The lowest BCUT2D eigenvalue weighted by atomic mass is 10.1. The average Bonchev–Trinajstić information content (AvgIpc) is 2.20. The third-order valence-corrected chi connectivity index (χ3v) is 2.26. The Morgan fingerprint density at radius 1 is 1.44 bits per heavy atom. The van der Waals surface area contributed by atoms with Crippen LogP contribution >= 0.6 is 11.6 Å². The molecular weight excluding hydrogens is 230 g/mol. The van der Waals surface area contributed by atoms with Crippen molar-refractivity contribution in [2.75, 3.05) is 0 Å². The van der Waals surface area contributed by atoms with Gasteiger partial charge in [0.2, 0.25) is 0 Å². The molecule has 1 atom stereocenters. The fraction of sp³-hybridized carbons (Fsp3) is 0.273. The van der Waals surface area contributed by atoms with Crippen molar-refractivity contribution in [3.8, 4) is 5.75 Å². The first-order chi connectivity index (χ1) is 7.41. The van der Waals surface area contributed by atoms with E-state index in [1.165, 1.54) is 19.9 Å². The van der Waals surface area contributed by atoms with Gasteiger partial charge in [-0.1, -0.05) is 11.6 Å². The van der Waals surface area contributed by atoms with Gasteiger partial charge >= 0.3 is 0 Å². The third kappa shape index (κ3) is 2.97. The molecule has 0 aliphatic carbocycles. The van der Waals surface area contributed by atoms with E-state index in [-0.39, 0.29) is 5.78 Å². The number of halogens is 1. The lowest BCUT2D eigenvalue weighted by Crippen LogP contribution is -2.31. The van der Waals surface area contributed by atoms with Crippen molar-refractivity contribution < 1.29 is 14.3 Å². The summed E-state index contributed by atoms with van der Waals surface area (Å²) >= 11 is 5.76. The van der Waals surface area contributed by atoms with Gasteiger partial charge in [-0.3, -0.25) is 9.59 Å². The number of Topliss-reactive ketones (excluding diaryl/α,β-unsaturated/α-hetero) is 1. The highest BCUT2D eigenvalue weighted by Crippen LogP contribution is 2.24. The molecule has 0 bridgehead atoms. The number of nitrogens with two attached hydrogens (primary N) is 1. The molecule has 5 heteroatoms. The van der Waals surface area contributed by atoms with Crippen LogP contribution in [0.15, 0.2) is 18.2 Å². The Morgan fingerprint density at radius 3 is 2.56 bits per heavy atom. The predicted octanol–water partition coefficient (Wildman–Crippen LogP) is 1.80. The van der Waals surface area contributed by atoms with Crippen LogP contribution in [0.1, 0.15) is 24.2 Å². The highest BCUT2D eigenvalue weighted by atomic mass is 35.5. The summed E-state index contributed by atoms with van der Waals surface area (Å²) in [6, 6.07) is 4.61. The van der Waals surface area contributed by atoms with E-state index in [1.54, 1.807) is 12.1 Å². The fourth-order valence-electron chi connectivity index (χ4n) is 1.13. The zero-order chi connectivity index (χ0) is 12.3. The first-order valence-electron chi connectivity index (χ1n) is 4.68. The molecule has 0 saturated carbocycles. The van der Waals surface area contributed by atoms with Crippen molar-refractivity contribution >= 4 is 23.3 Å². The van der Waals surface area contributed by atoms with Gasteiger partial charge in [0.25, 0.3) is 5.91 Å². The second kappa shape index (κ2) is 4.99. The quantitative estimate of drug-likeness (QED) is 0.817. The molecule has 1 unspecified atom stereocenters. The van der Waals surface area contributed by atoms with Gasteiger partial charge in [0.05, 0.1) is 5.56 Å². The molecule has 0 aromatic heterocycles. The number of ether oxygens (including phenoxy) is 1. The van der Waals surface area contributed by atoms with E-state index in [0.29, 0.717) is 16.3 Å². The number of carbonyl (C=O) groups excluding carboxylic acids is 2. The van der Waals surface area contributed by atoms with Gasteiger partial charge in [0.15, 0.2) is 11.9 Å². The van der Waals surface area contributed by atoms with Gasteiger partial charge in [-0.15, -0.1) is 0 Å². The molecule has 2 N–H and O–H groups in total. The first kappa shape index (κ1) is 12.5. The van der Waals surface area contributed by atoms with E-state index in [4.69, 9.17) is 22.1 Å². The summed E-state index contributed by atoms with van der Waals surface area (Å²) in [6.45, 7) is 2.91. The van der Waals surface area contributed by atoms with E-state index in [2.05, 4.69) is 0 Å². The Bertz CT molecular complexity index is 431. The number of amides is 1. The fourth-order valence-corrected chi connectivity index (χ4v) is 1.30. The number of ketones is 1. The van der Waals surface area contributed by atoms with Gasteiger partial charge in [0.1, 0.15) is 5.75 Å². The Kier molecular flexibility index (Phi) is 3.90. The molecule has 0 saturated heterocycles. The SMILES string of the molecule is CC(=O)c1cc(Cl)ccc1OC(C)C(N)=O. The van der Waals surface area contributed by atoms with Crippen molar-refractivity contribution in [1.29, 1.82) is 0 Å². The molecule has 86 valence electrons. The molecule has 0 heterocycles. The summed E-state index contributed by atoms with van der Waals surface area (Å²) in [5.74, 6) is -0.471. The minimum Gasteiger partial charge on any atom is -0.480 e. The second-order valence-electron chi connectivity index (χ2n) is 3.36. The number of rotatable bonds is 4. The number of benzene rings is 1. The van der Waals surface area contributed by atoms with Crippen molar-refractivity contribution in [3.05, 3.63) is 28.8 Å². The monoisotopic (exact) mass is 241 g/mol. The van der Waals surface area contributed by atoms with Gasteiger partial charge in [-0.25, -0.2) is 0 Å². The number of carbonyl (C=O) groups is 2. The summed E-state index contributed by atoms with van der Waals surface area (Å²) < 4.78 is 5.27. The summed E-state index contributed by atoms with van der Waals surface area (Å²) in [5.41, 5.74) is 5.40. The van der Waals surface area contributed by atoms with E-state index in [0.717, 1.165) is 0 Å². The minimum atomic E-state index is -0.792. The predicted molar refractivity (Wildman–Crippen MR) is 60.7 cm³/mol. The molecule has 1 amide bonds. The summed E-state index contributed by atoms with van der Waals surface area (Å²) in [7, 11) is 0. The van der Waals surface area contributed by atoms with Crippen LogP contribution in [0.4, 0.5) is 0 Å². The maximum absolute atomic E-state index is 11.3. The van der Waals surface area contributed by atoms with Crippen molar-refractivity contribution in [3.63, 3.8) is 0 Å². The van der Waals surface area contributed by atoms with Gasteiger partial charge < -0.3 is 10.5 Å². The van der Waals surface area contributed by atoms with E-state index in [1.807, 2.05) is 0 Å². The highest BCUT2D eigenvalue weighted by Gasteiger charge is 2.15. The van der Waals surface area contributed by atoms with Crippen molar-refractivity contribution in [2.45, 2.75) is 20.0 Å². The van der Waals surface area contributed by atoms with Crippen LogP contribution in [0.25, 0.3) is 0 Å². The number of hydrogen-bond donors (Lipinski definition) is 1. The standard InChI is InChI=1S/C11H12ClNO3/c1-6(14)9-5-8(12)3-4-10(9)16-7(2)11(13)15/h3-5,7H,1-2H3,(H2,13,15). The Hall–Kier alpha value is -1.55. The second-order valence-corrected chi connectivity index (χ2v) is 3.80. The Balaban J connectivity index is 3.04. The first-order valence-corrected chi connectivity index (χ1v) is 5.06. The van der Waals surface area contributed by atoms with Crippen LogP contribution in [0.2, 0.25) is 5.02 Å². The smallest absolute Gasteiger partial charge is 0.258 e. The maximum atomic E-state index is 11.3. The minimum absolute atomic E-state index is 0.186. The van der Waals surface area contributed by atoms with E-state index >= 15 is 0 Å². The topological polar surface area (TPSA) is 69.4 Å². The summed E-state index contributed by atoms with van der Waals surface area (Å²) in [6.07, 6.45) is -0.792. The average molecular weight is 242 g/mol. The van der Waals surface area contributed by atoms with Crippen molar-refractivity contribution in [2.24, 2.45) is 5.73 Å². The maximum Gasteiger partial charge on any atom is 0.258 e. The van der Waals surface area contributed by atoms with Crippen molar-refractivity contribution in [1.82, 2.24) is 0 Å². The molecule has 1 aromatic rings. The largest absolute Gasteiger partial charge is 0.480 e. The van der Waals surface area contributed by atoms with Crippen LogP contribution in [0, 0.1) is 0 Å².